The van der Waals surface area contributed by atoms with Crippen molar-refractivity contribution in [3.8, 4) is 0 Å². The summed E-state index contributed by atoms with van der Waals surface area (Å²) in [6, 6.07) is 0.620. The van der Waals surface area contributed by atoms with E-state index in [9.17, 15) is 4.79 Å². The van der Waals surface area contributed by atoms with Crippen LogP contribution in [0.15, 0.2) is 12.4 Å². The minimum absolute atomic E-state index is 0.551. The lowest BCUT2D eigenvalue weighted by Gasteiger charge is -2.29. The molecule has 1 aliphatic carbocycles. The zero-order valence-electron chi connectivity index (χ0n) is 10.6. The van der Waals surface area contributed by atoms with Crippen molar-refractivity contribution >= 4 is 12.2 Å². The van der Waals surface area contributed by atoms with Gasteiger partial charge in [-0.1, -0.05) is 12.8 Å². The Morgan fingerprint density at radius 2 is 1.83 bits per heavy atom. The molecule has 2 aliphatic rings. The van der Waals surface area contributed by atoms with Gasteiger partial charge in [-0.3, -0.25) is 4.79 Å². The van der Waals surface area contributed by atoms with Gasteiger partial charge in [0.25, 0.3) is 0 Å². The summed E-state index contributed by atoms with van der Waals surface area (Å²) in [5, 5.41) is 0. The van der Waals surface area contributed by atoms with Crippen LogP contribution in [-0.2, 0) is 0 Å². The van der Waals surface area contributed by atoms with E-state index in [1.54, 1.807) is 12.4 Å². The van der Waals surface area contributed by atoms with Gasteiger partial charge in [-0.15, -0.1) is 0 Å². The summed E-state index contributed by atoms with van der Waals surface area (Å²) >= 11 is 0. The smallest absolute Gasteiger partial charge is 0.225 e. The standard InChI is InChI=1S/C14H19N3O/c18-10-11-8-15-14(16-9-11)17-7-3-6-13(17)12-4-1-2-5-12/h8-10,12-13H,1-7H2. The predicted octanol–water partition coefficient (Wildman–Crippen LogP) is 2.45. The Morgan fingerprint density at radius 3 is 2.50 bits per heavy atom. The van der Waals surface area contributed by atoms with E-state index in [-0.39, 0.29) is 0 Å². The molecule has 1 aliphatic heterocycles. The van der Waals surface area contributed by atoms with Gasteiger partial charge in [-0.2, -0.15) is 0 Å². The first-order valence-corrected chi connectivity index (χ1v) is 6.92. The van der Waals surface area contributed by atoms with Crippen LogP contribution >= 0.6 is 0 Å². The Bertz CT molecular complexity index is 412. The highest BCUT2D eigenvalue weighted by Crippen LogP contribution is 2.36. The Morgan fingerprint density at radius 1 is 1.11 bits per heavy atom. The van der Waals surface area contributed by atoms with Gasteiger partial charge in [0.15, 0.2) is 6.29 Å². The van der Waals surface area contributed by atoms with E-state index >= 15 is 0 Å². The van der Waals surface area contributed by atoms with E-state index in [4.69, 9.17) is 0 Å². The minimum Gasteiger partial charge on any atom is -0.338 e. The molecule has 0 amide bonds. The van der Waals surface area contributed by atoms with Crippen LogP contribution < -0.4 is 4.90 Å². The average molecular weight is 245 g/mol. The lowest BCUT2D eigenvalue weighted by molar-refractivity contribution is 0.112. The molecule has 1 atom stereocenters. The van der Waals surface area contributed by atoms with Gasteiger partial charge in [0.2, 0.25) is 5.95 Å². The fourth-order valence-corrected chi connectivity index (χ4v) is 3.41. The molecule has 1 saturated heterocycles. The monoisotopic (exact) mass is 245 g/mol. The zero-order chi connectivity index (χ0) is 12.4. The van der Waals surface area contributed by atoms with Crippen molar-refractivity contribution in [2.75, 3.05) is 11.4 Å². The van der Waals surface area contributed by atoms with E-state index in [1.165, 1.54) is 38.5 Å². The number of rotatable bonds is 3. The quantitative estimate of drug-likeness (QED) is 0.767. The highest BCUT2D eigenvalue weighted by atomic mass is 16.1. The fraction of sp³-hybridized carbons (Fsp3) is 0.643. The molecule has 0 radical (unpaired) electrons. The summed E-state index contributed by atoms with van der Waals surface area (Å²) in [5.41, 5.74) is 0.551. The number of anilines is 1. The Hall–Kier alpha value is -1.45. The van der Waals surface area contributed by atoms with Crippen LogP contribution in [0.5, 0.6) is 0 Å². The number of hydrogen-bond donors (Lipinski definition) is 0. The second-order valence-electron chi connectivity index (χ2n) is 5.38. The Labute approximate surface area is 107 Å². The molecule has 1 saturated carbocycles. The molecule has 0 N–H and O–H groups in total. The highest BCUT2D eigenvalue weighted by Gasteiger charge is 2.34. The molecule has 18 heavy (non-hydrogen) atoms. The van der Waals surface area contributed by atoms with Crippen LogP contribution in [0, 0.1) is 5.92 Å². The normalized spacial score (nSPS) is 24.7. The molecule has 3 rings (SSSR count). The molecule has 96 valence electrons. The van der Waals surface area contributed by atoms with Gasteiger partial charge in [0.05, 0.1) is 5.56 Å². The third kappa shape index (κ3) is 2.11. The van der Waals surface area contributed by atoms with Crippen molar-refractivity contribution < 1.29 is 4.79 Å². The van der Waals surface area contributed by atoms with Gasteiger partial charge < -0.3 is 4.90 Å². The minimum atomic E-state index is 0.551. The maximum Gasteiger partial charge on any atom is 0.225 e. The summed E-state index contributed by atoms with van der Waals surface area (Å²) in [5.74, 6) is 1.62. The Balaban J connectivity index is 1.78. The number of aromatic nitrogens is 2. The predicted molar refractivity (Wildman–Crippen MR) is 69.7 cm³/mol. The number of nitrogens with zero attached hydrogens (tertiary/aromatic N) is 3. The van der Waals surface area contributed by atoms with Crippen LogP contribution in [0.4, 0.5) is 5.95 Å². The van der Waals surface area contributed by atoms with Crippen LogP contribution in [-0.4, -0.2) is 28.8 Å². The number of hydrogen-bond acceptors (Lipinski definition) is 4. The molecule has 2 heterocycles. The molecular weight excluding hydrogens is 226 g/mol. The van der Waals surface area contributed by atoms with Crippen LogP contribution in [0.2, 0.25) is 0 Å². The van der Waals surface area contributed by atoms with E-state index in [0.29, 0.717) is 11.6 Å². The van der Waals surface area contributed by atoms with Crippen molar-refractivity contribution in [3.63, 3.8) is 0 Å². The van der Waals surface area contributed by atoms with Crippen molar-refractivity contribution in [1.82, 2.24) is 9.97 Å². The van der Waals surface area contributed by atoms with E-state index in [1.807, 2.05) is 0 Å². The molecule has 0 bridgehead atoms. The zero-order valence-corrected chi connectivity index (χ0v) is 10.6. The third-order valence-electron chi connectivity index (χ3n) is 4.29. The lowest BCUT2D eigenvalue weighted by atomic mass is 9.96. The first kappa shape index (κ1) is 11.6. The number of carbonyl (C=O) groups excluding carboxylic acids is 1. The van der Waals surface area contributed by atoms with Gasteiger partial charge in [0.1, 0.15) is 0 Å². The van der Waals surface area contributed by atoms with Crippen molar-refractivity contribution in [2.45, 2.75) is 44.6 Å². The molecule has 1 unspecified atom stereocenters. The van der Waals surface area contributed by atoms with Gasteiger partial charge >= 0.3 is 0 Å². The fourth-order valence-electron chi connectivity index (χ4n) is 3.41. The first-order valence-electron chi connectivity index (χ1n) is 6.92. The van der Waals surface area contributed by atoms with Crippen molar-refractivity contribution in [1.29, 1.82) is 0 Å². The summed E-state index contributed by atoms with van der Waals surface area (Å²) in [7, 11) is 0. The van der Waals surface area contributed by atoms with Crippen LogP contribution in [0.3, 0.4) is 0 Å². The highest BCUT2D eigenvalue weighted by molar-refractivity contribution is 5.73. The van der Waals surface area contributed by atoms with Gasteiger partial charge in [0, 0.05) is 25.0 Å². The molecule has 4 nitrogen and oxygen atoms in total. The summed E-state index contributed by atoms with van der Waals surface area (Å²) in [6.45, 7) is 1.06. The summed E-state index contributed by atoms with van der Waals surface area (Å²) < 4.78 is 0. The van der Waals surface area contributed by atoms with Gasteiger partial charge in [-0.25, -0.2) is 9.97 Å². The van der Waals surface area contributed by atoms with E-state index < -0.39 is 0 Å². The lowest BCUT2D eigenvalue weighted by Crippen LogP contribution is -2.35. The van der Waals surface area contributed by atoms with Crippen molar-refractivity contribution in [2.24, 2.45) is 5.92 Å². The molecule has 1 aromatic rings. The van der Waals surface area contributed by atoms with Crippen LogP contribution in [0.1, 0.15) is 48.9 Å². The molecule has 2 fully saturated rings. The van der Waals surface area contributed by atoms with E-state index in [2.05, 4.69) is 14.9 Å². The Kier molecular flexibility index (Phi) is 3.26. The average Bonchev–Trinajstić information content (AvgIpc) is 3.09. The third-order valence-corrected chi connectivity index (χ3v) is 4.29. The molecule has 4 heteroatoms. The molecule has 0 spiro atoms. The van der Waals surface area contributed by atoms with Gasteiger partial charge in [-0.05, 0) is 31.6 Å². The maximum absolute atomic E-state index is 10.6. The molecular formula is C14H19N3O. The first-order chi connectivity index (χ1) is 8.88. The topological polar surface area (TPSA) is 46.1 Å². The maximum atomic E-state index is 10.6. The van der Waals surface area contributed by atoms with E-state index in [0.717, 1.165) is 24.7 Å². The largest absolute Gasteiger partial charge is 0.338 e. The molecule has 1 aromatic heterocycles. The number of aldehydes is 1. The summed E-state index contributed by atoms with van der Waals surface area (Å²) in [4.78, 5) is 21.6. The molecule has 0 aromatic carbocycles. The summed E-state index contributed by atoms with van der Waals surface area (Å²) in [6.07, 6.45) is 12.0. The second kappa shape index (κ2) is 5.04. The second-order valence-corrected chi connectivity index (χ2v) is 5.38. The van der Waals surface area contributed by atoms with Crippen molar-refractivity contribution in [3.05, 3.63) is 18.0 Å². The van der Waals surface area contributed by atoms with Crippen LogP contribution in [0.25, 0.3) is 0 Å². The SMILES string of the molecule is O=Cc1cnc(N2CCCC2C2CCCC2)nc1. The number of carbonyl (C=O) groups is 1.